The molecule has 1 aliphatic heterocycles. The average molecular weight is 492 g/mol. The van der Waals surface area contributed by atoms with Crippen LogP contribution in [0, 0.1) is 12.8 Å². The van der Waals surface area contributed by atoms with Gasteiger partial charge in [-0.25, -0.2) is 15.0 Å². The first-order chi connectivity index (χ1) is 15.3. The van der Waals surface area contributed by atoms with Crippen molar-refractivity contribution in [3.63, 3.8) is 0 Å². The zero-order chi connectivity index (χ0) is 22.8. The number of ether oxygens (including phenoxy) is 1. The number of aromatic nitrogens is 3. The van der Waals surface area contributed by atoms with Crippen LogP contribution in [0.15, 0.2) is 48.9 Å². The molecule has 2 aromatic heterocycles. The van der Waals surface area contributed by atoms with E-state index in [-0.39, 0.29) is 23.8 Å². The Morgan fingerprint density at radius 3 is 2.44 bits per heavy atom. The van der Waals surface area contributed by atoms with Crippen LogP contribution in [0.3, 0.4) is 0 Å². The first-order valence-corrected chi connectivity index (χ1v) is 11.3. The molecule has 1 amide bonds. The van der Waals surface area contributed by atoms with Gasteiger partial charge in [-0.3, -0.25) is 4.79 Å². The second-order valence-corrected chi connectivity index (χ2v) is 9.06. The van der Waals surface area contributed by atoms with Crippen molar-refractivity contribution < 1.29 is 9.53 Å². The van der Waals surface area contributed by atoms with E-state index in [0.29, 0.717) is 45.4 Å². The van der Waals surface area contributed by atoms with Gasteiger partial charge in [0.25, 0.3) is 5.91 Å². The highest BCUT2D eigenvalue weighted by Gasteiger charge is 2.40. The number of amides is 1. The summed E-state index contributed by atoms with van der Waals surface area (Å²) in [6.07, 6.45) is 4.44. The predicted molar refractivity (Wildman–Crippen MR) is 125 cm³/mol. The van der Waals surface area contributed by atoms with Gasteiger partial charge in [0.2, 0.25) is 5.88 Å². The molecule has 1 aromatic carbocycles. The van der Waals surface area contributed by atoms with E-state index in [1.807, 2.05) is 19.1 Å². The summed E-state index contributed by atoms with van der Waals surface area (Å²) in [7, 11) is 0. The Morgan fingerprint density at radius 2 is 1.78 bits per heavy atom. The lowest BCUT2D eigenvalue weighted by Crippen LogP contribution is -2.32. The Morgan fingerprint density at radius 1 is 1.03 bits per heavy atom. The Labute approximate surface area is 201 Å². The molecule has 32 heavy (non-hydrogen) atoms. The lowest BCUT2D eigenvalue weighted by atomic mass is 9.86. The number of carbonyl (C=O) groups excluding carboxylic acids is 1. The molecule has 6 nitrogen and oxygen atoms in total. The molecule has 0 N–H and O–H groups in total. The molecule has 3 aromatic rings. The lowest BCUT2D eigenvalue weighted by molar-refractivity contribution is 0.0769. The number of carbonyl (C=O) groups is 1. The van der Waals surface area contributed by atoms with E-state index in [9.17, 15) is 4.79 Å². The first-order valence-electron chi connectivity index (χ1n) is 10.1. The Hall–Kier alpha value is -2.41. The number of aryl methyl sites for hydroxylation is 1. The third-order valence-electron chi connectivity index (χ3n) is 5.66. The Balaban J connectivity index is 1.61. The minimum atomic E-state index is -0.227. The maximum Gasteiger partial charge on any atom is 0.257 e. The van der Waals surface area contributed by atoms with E-state index in [4.69, 9.17) is 39.5 Å². The van der Waals surface area contributed by atoms with Crippen LogP contribution in [0.5, 0.6) is 5.88 Å². The molecule has 3 atom stereocenters. The molecule has 9 heteroatoms. The molecule has 1 saturated heterocycles. The van der Waals surface area contributed by atoms with Gasteiger partial charge < -0.3 is 9.64 Å². The van der Waals surface area contributed by atoms with E-state index in [0.717, 1.165) is 5.56 Å². The Kier molecular flexibility index (Phi) is 6.84. The lowest BCUT2D eigenvalue weighted by Gasteiger charge is -2.25. The van der Waals surface area contributed by atoms with Gasteiger partial charge in [-0.2, -0.15) is 0 Å². The van der Waals surface area contributed by atoms with E-state index < -0.39 is 0 Å². The molecular formula is C23H21Cl3N4O2. The molecule has 0 radical (unpaired) electrons. The number of benzene rings is 1. The molecule has 1 aliphatic rings. The van der Waals surface area contributed by atoms with Crippen LogP contribution in [0.2, 0.25) is 15.1 Å². The van der Waals surface area contributed by atoms with Gasteiger partial charge in [-0.1, -0.05) is 40.9 Å². The second kappa shape index (κ2) is 9.61. The summed E-state index contributed by atoms with van der Waals surface area (Å²) in [6.45, 7) is 4.78. The maximum absolute atomic E-state index is 13.2. The van der Waals surface area contributed by atoms with Crippen LogP contribution in [0.4, 0.5) is 0 Å². The van der Waals surface area contributed by atoms with Crippen molar-refractivity contribution in [2.24, 2.45) is 5.92 Å². The highest BCUT2D eigenvalue weighted by molar-refractivity contribution is 6.42. The smallest absolute Gasteiger partial charge is 0.257 e. The molecule has 1 fully saturated rings. The molecule has 0 aliphatic carbocycles. The van der Waals surface area contributed by atoms with Crippen LogP contribution in [0.25, 0.3) is 0 Å². The van der Waals surface area contributed by atoms with Crippen molar-refractivity contribution in [2.45, 2.75) is 25.9 Å². The largest absolute Gasteiger partial charge is 0.474 e. The number of hydrogen-bond donors (Lipinski definition) is 0. The number of nitrogens with zero attached hydrogens (tertiary/aromatic N) is 4. The fraction of sp³-hybridized carbons (Fsp3) is 0.304. The molecule has 0 spiro atoms. The van der Waals surface area contributed by atoms with Crippen molar-refractivity contribution in [1.82, 2.24) is 19.9 Å². The summed E-state index contributed by atoms with van der Waals surface area (Å²) in [4.78, 5) is 27.5. The number of rotatable bonds is 5. The quantitative estimate of drug-likeness (QED) is 0.474. The first kappa shape index (κ1) is 22.8. The van der Waals surface area contributed by atoms with E-state index in [1.165, 1.54) is 0 Å². The number of halogens is 3. The summed E-state index contributed by atoms with van der Waals surface area (Å²) in [5, 5.41) is 1.51. The maximum atomic E-state index is 13.2. The van der Waals surface area contributed by atoms with Gasteiger partial charge in [-0.15, -0.1) is 0 Å². The van der Waals surface area contributed by atoms with E-state index in [1.54, 1.807) is 48.6 Å². The molecular weight excluding hydrogens is 471 g/mol. The summed E-state index contributed by atoms with van der Waals surface area (Å²) in [5.41, 5.74) is 1.46. The van der Waals surface area contributed by atoms with Gasteiger partial charge >= 0.3 is 0 Å². The zero-order valence-corrected chi connectivity index (χ0v) is 19.8. The number of hydrogen-bond acceptors (Lipinski definition) is 5. The minimum Gasteiger partial charge on any atom is -0.474 e. The normalized spacial score (nSPS) is 19.1. The van der Waals surface area contributed by atoms with E-state index >= 15 is 0 Å². The minimum absolute atomic E-state index is 0.0000342. The third-order valence-corrected chi connectivity index (χ3v) is 6.62. The number of pyridine rings is 1. The molecule has 0 bridgehead atoms. The fourth-order valence-electron chi connectivity index (χ4n) is 3.96. The average Bonchev–Trinajstić information content (AvgIpc) is 3.23. The van der Waals surface area contributed by atoms with Crippen molar-refractivity contribution in [2.75, 3.05) is 13.1 Å². The fourth-order valence-corrected chi connectivity index (χ4v) is 4.38. The number of likely N-dealkylation sites (tertiary alicyclic amines) is 1. The second-order valence-electron chi connectivity index (χ2n) is 7.81. The highest BCUT2D eigenvalue weighted by atomic mass is 35.5. The molecule has 3 heterocycles. The molecule has 0 saturated carbocycles. The van der Waals surface area contributed by atoms with Crippen LogP contribution in [-0.2, 0) is 0 Å². The standard InChI is InChI=1S/C23H21Cl3N4O2/c1-13(32-22-6-4-17(24)10-29-22)18-11-30(23(31)16-8-27-14(2)28-9-16)12-19(18)15-3-5-20(25)21(26)7-15/h3-10,13,18-19H,11-12H2,1-2H3/t13-,18+,19+/m0/s1. The van der Waals surface area contributed by atoms with Crippen molar-refractivity contribution >= 4 is 40.7 Å². The zero-order valence-electron chi connectivity index (χ0n) is 17.5. The SMILES string of the molecule is Cc1ncc(C(=O)N2C[C@H]([C@H](C)Oc3ccc(Cl)cn3)[C@@H](c3ccc(Cl)c(Cl)c3)C2)cn1. The monoisotopic (exact) mass is 490 g/mol. The Bertz CT molecular complexity index is 1110. The van der Waals surface area contributed by atoms with Crippen molar-refractivity contribution in [1.29, 1.82) is 0 Å². The molecule has 0 unspecified atom stereocenters. The van der Waals surface area contributed by atoms with Crippen molar-refractivity contribution in [3.05, 3.63) is 80.9 Å². The summed E-state index contributed by atoms with van der Waals surface area (Å²) in [5.74, 6) is 0.982. The summed E-state index contributed by atoms with van der Waals surface area (Å²) < 4.78 is 6.12. The predicted octanol–water partition coefficient (Wildman–Crippen LogP) is 5.46. The van der Waals surface area contributed by atoms with Gasteiger partial charge in [0.15, 0.2) is 0 Å². The van der Waals surface area contributed by atoms with Crippen LogP contribution in [0.1, 0.15) is 34.6 Å². The van der Waals surface area contributed by atoms with Crippen molar-refractivity contribution in [3.8, 4) is 5.88 Å². The summed E-state index contributed by atoms with van der Waals surface area (Å²) >= 11 is 18.3. The summed E-state index contributed by atoms with van der Waals surface area (Å²) in [6, 6.07) is 9.05. The van der Waals surface area contributed by atoms with Crippen LogP contribution < -0.4 is 4.74 Å². The van der Waals surface area contributed by atoms with Crippen LogP contribution >= 0.6 is 34.8 Å². The molecule has 166 valence electrons. The molecule has 4 rings (SSSR count). The van der Waals surface area contributed by atoms with Gasteiger partial charge in [0.1, 0.15) is 11.9 Å². The third kappa shape index (κ3) is 4.98. The van der Waals surface area contributed by atoms with Crippen LogP contribution in [-0.4, -0.2) is 45.0 Å². The topological polar surface area (TPSA) is 68.2 Å². The highest BCUT2D eigenvalue weighted by Crippen LogP contribution is 2.38. The van der Waals surface area contributed by atoms with Gasteiger partial charge in [0.05, 0.1) is 20.6 Å². The van der Waals surface area contributed by atoms with Gasteiger partial charge in [-0.05, 0) is 37.6 Å². The van der Waals surface area contributed by atoms with Gasteiger partial charge in [0, 0.05) is 49.6 Å². The van der Waals surface area contributed by atoms with E-state index in [2.05, 4.69) is 15.0 Å².